The number of thiophene rings is 1. The van der Waals surface area contributed by atoms with E-state index in [2.05, 4.69) is 17.6 Å². The topological polar surface area (TPSA) is 41.1 Å². The van der Waals surface area contributed by atoms with E-state index in [1.54, 1.807) is 18.3 Å². The van der Waals surface area contributed by atoms with Gasteiger partial charge in [0.2, 0.25) is 5.91 Å². The third-order valence-corrected chi connectivity index (χ3v) is 5.07. The lowest BCUT2D eigenvalue weighted by atomic mass is 9.83. The Morgan fingerprint density at radius 1 is 1.35 bits per heavy atom. The molecular formula is C16H26N2OS. The number of nitrogens with one attached hydrogen (secondary N) is 2. The molecule has 0 aliphatic heterocycles. The van der Waals surface area contributed by atoms with Gasteiger partial charge in [-0.05, 0) is 43.0 Å². The van der Waals surface area contributed by atoms with E-state index in [1.807, 2.05) is 11.4 Å². The van der Waals surface area contributed by atoms with Gasteiger partial charge in [-0.15, -0.1) is 11.3 Å². The molecular weight excluding hydrogens is 268 g/mol. The molecule has 0 radical (unpaired) electrons. The second kappa shape index (κ2) is 7.79. The molecule has 2 rings (SSSR count). The van der Waals surface area contributed by atoms with Crippen molar-refractivity contribution in [3.05, 3.63) is 16.3 Å². The van der Waals surface area contributed by atoms with E-state index in [-0.39, 0.29) is 5.91 Å². The molecule has 0 unspecified atom stereocenters. The monoisotopic (exact) mass is 294 g/mol. The first kappa shape index (κ1) is 15.5. The molecule has 1 amide bonds. The maximum Gasteiger partial charge on any atom is 0.221 e. The van der Waals surface area contributed by atoms with Crippen molar-refractivity contribution in [2.24, 2.45) is 5.92 Å². The second-order valence-corrected chi connectivity index (χ2v) is 6.83. The SMILES string of the molecule is CCCC1CCC(NCc2sccc2NC(C)=O)CC1. The summed E-state index contributed by atoms with van der Waals surface area (Å²) in [5.74, 6) is 0.958. The standard InChI is InChI=1S/C16H26N2OS/c1-3-4-13-5-7-14(8-6-13)17-11-16-15(9-10-20-16)18-12(2)19/h9-10,13-14,17H,3-8,11H2,1-2H3,(H,18,19). The van der Waals surface area contributed by atoms with Crippen molar-refractivity contribution >= 4 is 22.9 Å². The van der Waals surface area contributed by atoms with Crippen molar-refractivity contribution in [3.63, 3.8) is 0 Å². The highest BCUT2D eigenvalue weighted by atomic mass is 32.1. The van der Waals surface area contributed by atoms with E-state index < -0.39 is 0 Å². The van der Waals surface area contributed by atoms with Gasteiger partial charge >= 0.3 is 0 Å². The molecule has 0 aromatic carbocycles. The number of hydrogen-bond acceptors (Lipinski definition) is 3. The van der Waals surface area contributed by atoms with E-state index in [9.17, 15) is 4.79 Å². The molecule has 0 spiro atoms. The van der Waals surface area contributed by atoms with Crippen LogP contribution in [0.25, 0.3) is 0 Å². The number of amides is 1. The molecule has 0 saturated heterocycles. The Hall–Kier alpha value is -0.870. The summed E-state index contributed by atoms with van der Waals surface area (Å²) in [6, 6.07) is 2.64. The molecule has 3 nitrogen and oxygen atoms in total. The van der Waals surface area contributed by atoms with Gasteiger partial charge in [0.05, 0.1) is 5.69 Å². The van der Waals surface area contributed by atoms with Gasteiger partial charge in [0.15, 0.2) is 0 Å². The first-order chi connectivity index (χ1) is 9.69. The van der Waals surface area contributed by atoms with Crippen LogP contribution >= 0.6 is 11.3 Å². The molecule has 4 heteroatoms. The third-order valence-electron chi connectivity index (χ3n) is 4.15. The summed E-state index contributed by atoms with van der Waals surface area (Å²) in [4.78, 5) is 12.4. The maximum absolute atomic E-state index is 11.1. The molecule has 20 heavy (non-hydrogen) atoms. The molecule has 1 saturated carbocycles. The van der Waals surface area contributed by atoms with Gasteiger partial charge in [0, 0.05) is 24.4 Å². The highest BCUT2D eigenvalue weighted by molar-refractivity contribution is 7.10. The van der Waals surface area contributed by atoms with E-state index in [1.165, 1.54) is 43.4 Å². The minimum atomic E-state index is 0.00437. The number of carbonyl (C=O) groups is 1. The fourth-order valence-corrected chi connectivity index (χ4v) is 3.86. The fraction of sp³-hybridized carbons (Fsp3) is 0.688. The molecule has 1 fully saturated rings. The van der Waals surface area contributed by atoms with Crippen molar-refractivity contribution < 1.29 is 4.79 Å². The Balaban J connectivity index is 1.76. The molecule has 0 bridgehead atoms. The predicted molar refractivity (Wildman–Crippen MR) is 86.1 cm³/mol. The van der Waals surface area contributed by atoms with Crippen LogP contribution < -0.4 is 10.6 Å². The van der Waals surface area contributed by atoms with Crippen LogP contribution in [0.3, 0.4) is 0 Å². The van der Waals surface area contributed by atoms with Gasteiger partial charge in [-0.25, -0.2) is 0 Å². The lowest BCUT2D eigenvalue weighted by Gasteiger charge is -2.29. The van der Waals surface area contributed by atoms with Crippen molar-refractivity contribution in [2.75, 3.05) is 5.32 Å². The predicted octanol–water partition coefficient (Wildman–Crippen LogP) is 4.16. The molecule has 112 valence electrons. The Morgan fingerprint density at radius 3 is 2.75 bits per heavy atom. The molecule has 1 aromatic heterocycles. The quantitative estimate of drug-likeness (QED) is 0.827. The Morgan fingerprint density at radius 2 is 2.10 bits per heavy atom. The average molecular weight is 294 g/mol. The molecule has 1 aromatic rings. The van der Waals surface area contributed by atoms with Crippen molar-refractivity contribution in [2.45, 2.75) is 65.0 Å². The number of carbonyl (C=O) groups excluding carboxylic acids is 1. The number of hydrogen-bond donors (Lipinski definition) is 2. The van der Waals surface area contributed by atoms with Crippen molar-refractivity contribution in [1.82, 2.24) is 5.32 Å². The van der Waals surface area contributed by atoms with Crippen LogP contribution in [0.1, 0.15) is 57.2 Å². The van der Waals surface area contributed by atoms with E-state index in [0.29, 0.717) is 6.04 Å². The molecule has 1 aliphatic rings. The minimum absolute atomic E-state index is 0.00437. The summed E-state index contributed by atoms with van der Waals surface area (Å²) in [6.45, 7) is 4.71. The summed E-state index contributed by atoms with van der Waals surface area (Å²) < 4.78 is 0. The smallest absolute Gasteiger partial charge is 0.221 e. The third kappa shape index (κ3) is 4.60. The molecule has 0 atom stereocenters. The zero-order chi connectivity index (χ0) is 14.4. The Bertz CT molecular complexity index is 422. The van der Waals surface area contributed by atoms with Gasteiger partial charge in [-0.2, -0.15) is 0 Å². The zero-order valence-electron chi connectivity index (χ0n) is 12.6. The molecule has 1 heterocycles. The Kier molecular flexibility index (Phi) is 6.05. The van der Waals surface area contributed by atoms with E-state index >= 15 is 0 Å². The maximum atomic E-state index is 11.1. The van der Waals surface area contributed by atoms with Crippen LogP contribution in [0.15, 0.2) is 11.4 Å². The first-order valence-corrected chi connectivity index (χ1v) is 8.64. The van der Waals surface area contributed by atoms with Gasteiger partial charge in [-0.1, -0.05) is 19.8 Å². The highest BCUT2D eigenvalue weighted by Gasteiger charge is 2.20. The van der Waals surface area contributed by atoms with Gasteiger partial charge in [0.25, 0.3) is 0 Å². The average Bonchev–Trinajstić information content (AvgIpc) is 2.85. The highest BCUT2D eigenvalue weighted by Crippen LogP contribution is 2.28. The second-order valence-electron chi connectivity index (χ2n) is 5.83. The normalized spacial score (nSPS) is 22.7. The summed E-state index contributed by atoms with van der Waals surface area (Å²) >= 11 is 1.71. The van der Waals surface area contributed by atoms with E-state index in [4.69, 9.17) is 0 Å². The van der Waals surface area contributed by atoms with Crippen LogP contribution in [-0.2, 0) is 11.3 Å². The lowest BCUT2D eigenvalue weighted by Crippen LogP contribution is -2.32. The largest absolute Gasteiger partial charge is 0.325 e. The van der Waals surface area contributed by atoms with Crippen molar-refractivity contribution in [3.8, 4) is 0 Å². The summed E-state index contributed by atoms with van der Waals surface area (Å²) in [5, 5.41) is 8.60. The Labute approximate surface area is 126 Å². The van der Waals surface area contributed by atoms with Gasteiger partial charge in [-0.3, -0.25) is 4.79 Å². The van der Waals surface area contributed by atoms with Crippen LogP contribution in [0.2, 0.25) is 0 Å². The van der Waals surface area contributed by atoms with Crippen LogP contribution in [0.4, 0.5) is 5.69 Å². The lowest BCUT2D eigenvalue weighted by molar-refractivity contribution is -0.114. The van der Waals surface area contributed by atoms with Gasteiger partial charge < -0.3 is 10.6 Å². The van der Waals surface area contributed by atoms with Crippen LogP contribution in [0, 0.1) is 5.92 Å². The van der Waals surface area contributed by atoms with Crippen LogP contribution in [-0.4, -0.2) is 11.9 Å². The van der Waals surface area contributed by atoms with Gasteiger partial charge in [0.1, 0.15) is 0 Å². The minimum Gasteiger partial charge on any atom is -0.325 e. The summed E-state index contributed by atoms with van der Waals surface area (Å²) in [5.41, 5.74) is 0.967. The fourth-order valence-electron chi connectivity index (χ4n) is 3.08. The van der Waals surface area contributed by atoms with Crippen molar-refractivity contribution in [1.29, 1.82) is 0 Å². The number of anilines is 1. The summed E-state index contributed by atoms with van der Waals surface area (Å²) in [7, 11) is 0. The van der Waals surface area contributed by atoms with Crippen LogP contribution in [0.5, 0.6) is 0 Å². The zero-order valence-corrected chi connectivity index (χ0v) is 13.4. The molecule has 1 aliphatic carbocycles. The first-order valence-electron chi connectivity index (χ1n) is 7.76. The molecule has 2 N–H and O–H groups in total. The summed E-state index contributed by atoms with van der Waals surface area (Å²) in [6.07, 6.45) is 8.04. The van der Waals surface area contributed by atoms with E-state index in [0.717, 1.165) is 18.2 Å². The number of rotatable bonds is 6.